The molecule has 138 valence electrons. The van der Waals surface area contributed by atoms with Gasteiger partial charge in [-0.1, -0.05) is 48.9 Å². The molecule has 1 saturated heterocycles. The molecule has 0 N–H and O–H groups in total. The second-order valence-electron chi connectivity index (χ2n) is 7.28. The highest BCUT2D eigenvalue weighted by molar-refractivity contribution is 5.76. The maximum Gasteiger partial charge on any atom is 0.222 e. The Labute approximate surface area is 156 Å². The molecule has 0 spiro atoms. The highest BCUT2D eigenvalue weighted by atomic mass is 19.1. The first kappa shape index (κ1) is 18.6. The summed E-state index contributed by atoms with van der Waals surface area (Å²) < 4.78 is 13.2. The summed E-state index contributed by atoms with van der Waals surface area (Å²) in [5.74, 6) is 0.396. The first-order valence-electron chi connectivity index (χ1n) is 9.79. The lowest BCUT2D eigenvalue weighted by molar-refractivity contribution is -0.131. The van der Waals surface area contributed by atoms with Crippen molar-refractivity contribution in [1.82, 2.24) is 4.90 Å². The molecule has 1 heterocycles. The van der Waals surface area contributed by atoms with Gasteiger partial charge in [0.2, 0.25) is 5.91 Å². The van der Waals surface area contributed by atoms with Crippen LogP contribution in [-0.4, -0.2) is 23.9 Å². The summed E-state index contributed by atoms with van der Waals surface area (Å²) in [6.07, 6.45) is 6.91. The second-order valence-corrected chi connectivity index (χ2v) is 7.28. The number of likely N-dealkylation sites (tertiary alicyclic amines) is 1. The third kappa shape index (κ3) is 5.42. The van der Waals surface area contributed by atoms with Gasteiger partial charge < -0.3 is 4.90 Å². The molecule has 1 fully saturated rings. The van der Waals surface area contributed by atoms with E-state index in [1.165, 1.54) is 17.7 Å². The van der Waals surface area contributed by atoms with Crippen molar-refractivity contribution in [3.05, 3.63) is 71.5 Å². The van der Waals surface area contributed by atoms with E-state index in [4.69, 9.17) is 0 Å². The van der Waals surface area contributed by atoms with Crippen LogP contribution in [0.15, 0.2) is 54.6 Å². The summed E-state index contributed by atoms with van der Waals surface area (Å²) in [6.45, 7) is 1.62. The van der Waals surface area contributed by atoms with Crippen molar-refractivity contribution < 1.29 is 9.18 Å². The van der Waals surface area contributed by atoms with Crippen LogP contribution in [0.5, 0.6) is 0 Å². The van der Waals surface area contributed by atoms with Crippen LogP contribution in [0.2, 0.25) is 0 Å². The molecule has 0 radical (unpaired) electrons. The molecule has 26 heavy (non-hydrogen) atoms. The van der Waals surface area contributed by atoms with E-state index in [-0.39, 0.29) is 11.7 Å². The van der Waals surface area contributed by atoms with E-state index in [9.17, 15) is 9.18 Å². The van der Waals surface area contributed by atoms with Gasteiger partial charge in [-0.3, -0.25) is 4.79 Å². The van der Waals surface area contributed by atoms with E-state index in [0.717, 1.165) is 57.2 Å². The Kier molecular flexibility index (Phi) is 6.82. The number of carbonyl (C=O) groups excluding carboxylic acids is 1. The van der Waals surface area contributed by atoms with E-state index in [1.54, 1.807) is 0 Å². The predicted molar refractivity (Wildman–Crippen MR) is 104 cm³/mol. The Morgan fingerprint density at radius 1 is 1.00 bits per heavy atom. The summed E-state index contributed by atoms with van der Waals surface area (Å²) in [4.78, 5) is 14.7. The minimum Gasteiger partial charge on any atom is -0.342 e. The van der Waals surface area contributed by atoms with Gasteiger partial charge in [0.25, 0.3) is 0 Å². The third-order valence-corrected chi connectivity index (χ3v) is 5.31. The van der Waals surface area contributed by atoms with Gasteiger partial charge in [-0.05, 0) is 55.4 Å². The molecule has 1 unspecified atom stereocenters. The highest BCUT2D eigenvalue weighted by Gasteiger charge is 2.22. The van der Waals surface area contributed by atoms with Crippen molar-refractivity contribution >= 4 is 5.91 Å². The van der Waals surface area contributed by atoms with E-state index in [2.05, 4.69) is 24.3 Å². The summed E-state index contributed by atoms with van der Waals surface area (Å²) in [7, 11) is 0. The number of carbonyl (C=O) groups is 1. The van der Waals surface area contributed by atoms with Crippen LogP contribution in [0, 0.1) is 5.82 Å². The molecular weight excluding hydrogens is 325 g/mol. The Morgan fingerprint density at radius 3 is 2.54 bits per heavy atom. The maximum absolute atomic E-state index is 13.2. The largest absolute Gasteiger partial charge is 0.342 e. The average molecular weight is 353 g/mol. The maximum atomic E-state index is 13.2. The van der Waals surface area contributed by atoms with Crippen molar-refractivity contribution in [2.24, 2.45) is 0 Å². The summed E-state index contributed by atoms with van der Waals surface area (Å²) in [5.41, 5.74) is 2.49. The normalized spacial score (nSPS) is 17.7. The lowest BCUT2D eigenvalue weighted by Crippen LogP contribution is -2.33. The monoisotopic (exact) mass is 353 g/mol. The molecule has 1 aliphatic heterocycles. The van der Waals surface area contributed by atoms with E-state index in [1.807, 2.05) is 23.1 Å². The quantitative estimate of drug-likeness (QED) is 0.642. The number of hydrogen-bond acceptors (Lipinski definition) is 1. The summed E-state index contributed by atoms with van der Waals surface area (Å²) in [5, 5.41) is 0. The second kappa shape index (κ2) is 9.51. The fourth-order valence-electron chi connectivity index (χ4n) is 3.78. The Hall–Kier alpha value is -2.16. The van der Waals surface area contributed by atoms with Crippen LogP contribution >= 0.6 is 0 Å². The number of unbranched alkanes of at least 4 members (excludes halogenated alkanes) is 1. The molecule has 2 aromatic rings. The number of aryl methyl sites for hydroxylation is 1. The van der Waals surface area contributed by atoms with Gasteiger partial charge in [-0.25, -0.2) is 4.39 Å². The molecule has 2 nitrogen and oxygen atoms in total. The van der Waals surface area contributed by atoms with E-state index >= 15 is 0 Å². The molecule has 3 heteroatoms. The number of benzene rings is 2. The van der Waals surface area contributed by atoms with E-state index < -0.39 is 0 Å². The topological polar surface area (TPSA) is 20.3 Å². The molecule has 1 atom stereocenters. The average Bonchev–Trinajstić information content (AvgIpc) is 2.93. The zero-order valence-electron chi connectivity index (χ0n) is 15.4. The lowest BCUT2D eigenvalue weighted by Gasteiger charge is -2.25. The first-order valence-corrected chi connectivity index (χ1v) is 9.79. The predicted octanol–water partition coefficient (Wildman–Crippen LogP) is 5.33. The number of nitrogens with zero attached hydrogens (tertiary/aromatic N) is 1. The minimum atomic E-state index is -0.200. The van der Waals surface area contributed by atoms with Crippen LogP contribution in [0.1, 0.15) is 55.6 Å². The van der Waals surface area contributed by atoms with Crippen LogP contribution in [0.3, 0.4) is 0 Å². The number of hydrogen-bond donors (Lipinski definition) is 0. The van der Waals surface area contributed by atoms with Gasteiger partial charge in [-0.2, -0.15) is 0 Å². The Bertz CT molecular complexity index is 683. The molecule has 0 aromatic heterocycles. The fourth-order valence-corrected chi connectivity index (χ4v) is 3.78. The Morgan fingerprint density at radius 2 is 1.77 bits per heavy atom. The smallest absolute Gasteiger partial charge is 0.222 e. The van der Waals surface area contributed by atoms with Crippen LogP contribution in [0.25, 0.3) is 0 Å². The van der Waals surface area contributed by atoms with Gasteiger partial charge >= 0.3 is 0 Å². The SMILES string of the molecule is O=C(CCCCc1ccccc1)N1CCCCC(c2ccc(F)cc2)C1. The molecule has 3 rings (SSSR count). The summed E-state index contributed by atoms with van der Waals surface area (Å²) in [6, 6.07) is 17.2. The van der Waals surface area contributed by atoms with Crippen molar-refractivity contribution in [2.75, 3.05) is 13.1 Å². The van der Waals surface area contributed by atoms with Gasteiger partial charge in [-0.15, -0.1) is 0 Å². The first-order chi connectivity index (χ1) is 12.7. The van der Waals surface area contributed by atoms with Crippen molar-refractivity contribution in [3.63, 3.8) is 0 Å². The standard InChI is InChI=1S/C23H28FNO/c24-22-15-13-20(14-16-22)21-11-6-7-17-25(18-21)23(26)12-5-4-10-19-8-2-1-3-9-19/h1-3,8-9,13-16,21H,4-7,10-12,17-18H2. The molecule has 2 aromatic carbocycles. The molecular formula is C23H28FNO. The zero-order valence-corrected chi connectivity index (χ0v) is 15.4. The van der Waals surface area contributed by atoms with Crippen LogP contribution < -0.4 is 0 Å². The Balaban J connectivity index is 1.48. The lowest BCUT2D eigenvalue weighted by atomic mass is 9.94. The van der Waals surface area contributed by atoms with Crippen molar-refractivity contribution in [2.45, 2.75) is 50.9 Å². The summed E-state index contributed by atoms with van der Waals surface area (Å²) >= 11 is 0. The van der Waals surface area contributed by atoms with Gasteiger partial charge in [0.05, 0.1) is 0 Å². The molecule has 1 aliphatic rings. The minimum absolute atomic E-state index is 0.200. The van der Waals surface area contributed by atoms with Crippen molar-refractivity contribution in [3.8, 4) is 0 Å². The zero-order chi connectivity index (χ0) is 18.2. The van der Waals surface area contributed by atoms with Crippen LogP contribution in [0.4, 0.5) is 4.39 Å². The van der Waals surface area contributed by atoms with Gasteiger partial charge in [0.15, 0.2) is 0 Å². The number of rotatable bonds is 6. The molecule has 0 aliphatic carbocycles. The van der Waals surface area contributed by atoms with E-state index in [0.29, 0.717) is 12.3 Å². The number of halogens is 1. The molecule has 0 saturated carbocycles. The number of amides is 1. The molecule has 0 bridgehead atoms. The van der Waals surface area contributed by atoms with Crippen LogP contribution in [-0.2, 0) is 11.2 Å². The van der Waals surface area contributed by atoms with Crippen molar-refractivity contribution in [1.29, 1.82) is 0 Å². The fraction of sp³-hybridized carbons (Fsp3) is 0.435. The highest BCUT2D eigenvalue weighted by Crippen LogP contribution is 2.27. The third-order valence-electron chi connectivity index (χ3n) is 5.31. The van der Waals surface area contributed by atoms with Gasteiger partial charge in [0.1, 0.15) is 5.82 Å². The van der Waals surface area contributed by atoms with Gasteiger partial charge in [0, 0.05) is 25.4 Å². The molecule has 1 amide bonds.